The number of benzene rings is 1. The van der Waals surface area contributed by atoms with Crippen molar-refractivity contribution in [1.82, 2.24) is 15.0 Å². The number of hydrogen-bond acceptors (Lipinski definition) is 8. The van der Waals surface area contributed by atoms with E-state index in [1.54, 1.807) is 12.1 Å². The molecule has 0 saturated heterocycles. The molecular weight excluding hydrogens is 298 g/mol. The highest BCUT2D eigenvalue weighted by molar-refractivity contribution is 6.28. The van der Waals surface area contributed by atoms with Gasteiger partial charge in [-0.3, -0.25) is 0 Å². The number of ether oxygens (including phenoxy) is 2. The molecule has 2 aromatic rings. The van der Waals surface area contributed by atoms with Crippen LogP contribution in [0.25, 0.3) is 0 Å². The summed E-state index contributed by atoms with van der Waals surface area (Å²) >= 11 is 5.84. The fourth-order valence-corrected chi connectivity index (χ4v) is 1.92. The molecule has 0 fully saturated rings. The largest absolute Gasteiger partial charge is 0.454 e. The lowest BCUT2D eigenvalue weighted by molar-refractivity contribution is 0.174. The Kier molecular flexibility index (Phi) is 3.89. The van der Waals surface area contributed by atoms with Crippen molar-refractivity contribution in [3.63, 3.8) is 0 Å². The van der Waals surface area contributed by atoms with Gasteiger partial charge in [0.1, 0.15) is 0 Å². The van der Waals surface area contributed by atoms with Gasteiger partial charge in [0.25, 0.3) is 0 Å². The molecule has 8 nitrogen and oxygen atoms in total. The summed E-state index contributed by atoms with van der Waals surface area (Å²) in [5.41, 5.74) is 0.731. The molecule has 1 aromatic heterocycles. The van der Waals surface area contributed by atoms with E-state index < -0.39 is 0 Å². The summed E-state index contributed by atoms with van der Waals surface area (Å²) in [6.45, 7) is 0.504. The molecule has 2 heterocycles. The second-order valence-electron chi connectivity index (χ2n) is 4.10. The SMILES string of the molecule is OCCNc1nc(Cl)nc(Nc2ccc3c(c2)OCO3)n1. The maximum atomic E-state index is 8.78. The van der Waals surface area contributed by atoms with Crippen LogP contribution in [0.1, 0.15) is 0 Å². The first-order valence-corrected chi connectivity index (χ1v) is 6.55. The number of aliphatic hydroxyl groups excluding tert-OH is 1. The van der Waals surface area contributed by atoms with Crippen molar-refractivity contribution in [3.05, 3.63) is 23.5 Å². The molecule has 1 aliphatic heterocycles. The van der Waals surface area contributed by atoms with Crippen LogP contribution >= 0.6 is 11.6 Å². The van der Waals surface area contributed by atoms with Gasteiger partial charge in [-0.05, 0) is 23.7 Å². The van der Waals surface area contributed by atoms with Crippen molar-refractivity contribution in [2.45, 2.75) is 0 Å². The number of aromatic nitrogens is 3. The van der Waals surface area contributed by atoms with Gasteiger partial charge < -0.3 is 25.2 Å². The summed E-state index contributed by atoms with van der Waals surface area (Å²) in [6, 6.07) is 5.38. The summed E-state index contributed by atoms with van der Waals surface area (Å²) < 4.78 is 10.5. The topological polar surface area (TPSA) is 101 Å². The average molecular weight is 310 g/mol. The molecule has 1 aliphatic rings. The van der Waals surface area contributed by atoms with E-state index in [1.807, 2.05) is 6.07 Å². The van der Waals surface area contributed by atoms with Gasteiger partial charge in [-0.2, -0.15) is 15.0 Å². The van der Waals surface area contributed by atoms with E-state index in [4.69, 9.17) is 26.2 Å². The third kappa shape index (κ3) is 3.23. The molecule has 0 aliphatic carbocycles. The van der Waals surface area contributed by atoms with Crippen LogP contribution in [0, 0.1) is 0 Å². The second kappa shape index (κ2) is 5.98. The molecule has 110 valence electrons. The van der Waals surface area contributed by atoms with Crippen LogP contribution in [0.5, 0.6) is 11.5 Å². The fourth-order valence-electron chi connectivity index (χ4n) is 1.76. The Morgan fingerprint density at radius 1 is 1.14 bits per heavy atom. The van der Waals surface area contributed by atoms with Crippen LogP contribution in [0.15, 0.2) is 18.2 Å². The van der Waals surface area contributed by atoms with E-state index in [0.29, 0.717) is 18.0 Å². The van der Waals surface area contributed by atoms with Crippen molar-refractivity contribution in [2.24, 2.45) is 0 Å². The Balaban J connectivity index is 1.79. The second-order valence-corrected chi connectivity index (χ2v) is 4.43. The lowest BCUT2D eigenvalue weighted by Gasteiger charge is -2.08. The molecule has 9 heteroatoms. The predicted octanol–water partition coefficient (Wildman–Crippen LogP) is 1.40. The van der Waals surface area contributed by atoms with Gasteiger partial charge in [-0.25, -0.2) is 0 Å². The van der Waals surface area contributed by atoms with Crippen LogP contribution in [0.3, 0.4) is 0 Å². The minimum Gasteiger partial charge on any atom is -0.454 e. The number of halogens is 1. The Hall–Kier alpha value is -2.32. The first-order chi connectivity index (χ1) is 10.2. The summed E-state index contributed by atoms with van der Waals surface area (Å²) in [6.07, 6.45) is 0. The number of hydrogen-bond donors (Lipinski definition) is 3. The number of nitrogens with one attached hydrogen (secondary N) is 2. The quantitative estimate of drug-likeness (QED) is 0.762. The van der Waals surface area contributed by atoms with Gasteiger partial charge in [0.2, 0.25) is 24.0 Å². The van der Waals surface area contributed by atoms with Gasteiger partial charge >= 0.3 is 0 Å². The Bertz CT molecular complexity index is 655. The van der Waals surface area contributed by atoms with Crippen LogP contribution in [-0.4, -0.2) is 40.0 Å². The van der Waals surface area contributed by atoms with Crippen LogP contribution in [0.4, 0.5) is 17.6 Å². The molecule has 0 radical (unpaired) electrons. The molecule has 0 spiro atoms. The summed E-state index contributed by atoms with van der Waals surface area (Å²) in [5.74, 6) is 1.92. The minimum atomic E-state index is -0.0335. The Morgan fingerprint density at radius 2 is 1.95 bits per heavy atom. The normalized spacial score (nSPS) is 12.3. The minimum absolute atomic E-state index is 0.0335. The van der Waals surface area contributed by atoms with Crippen molar-refractivity contribution >= 4 is 29.2 Å². The predicted molar refractivity (Wildman–Crippen MR) is 76.3 cm³/mol. The zero-order valence-electron chi connectivity index (χ0n) is 10.8. The van der Waals surface area contributed by atoms with E-state index in [9.17, 15) is 0 Å². The molecule has 0 saturated carbocycles. The first kappa shape index (κ1) is 13.7. The standard InChI is InChI=1S/C12H12ClN5O3/c13-10-16-11(14-3-4-19)18-12(17-10)15-7-1-2-8-9(5-7)21-6-20-8/h1-2,5,19H,3-4,6H2,(H2,14,15,16,17,18). The van der Waals surface area contributed by atoms with E-state index >= 15 is 0 Å². The van der Waals surface area contributed by atoms with E-state index in [2.05, 4.69) is 25.6 Å². The molecule has 3 rings (SSSR count). The molecule has 0 amide bonds. The molecule has 1 aromatic carbocycles. The molecule has 0 bridgehead atoms. The third-order valence-corrected chi connectivity index (χ3v) is 2.80. The summed E-state index contributed by atoms with van der Waals surface area (Å²) in [5, 5.41) is 14.7. The highest BCUT2D eigenvalue weighted by atomic mass is 35.5. The Morgan fingerprint density at radius 3 is 2.81 bits per heavy atom. The monoisotopic (exact) mass is 309 g/mol. The molecule has 0 unspecified atom stereocenters. The van der Waals surface area contributed by atoms with Crippen LogP contribution in [-0.2, 0) is 0 Å². The lowest BCUT2D eigenvalue weighted by Crippen LogP contribution is -2.10. The molecule has 0 atom stereocenters. The maximum absolute atomic E-state index is 8.78. The number of nitrogens with zero attached hydrogens (tertiary/aromatic N) is 3. The lowest BCUT2D eigenvalue weighted by atomic mass is 10.3. The van der Waals surface area contributed by atoms with Crippen LogP contribution < -0.4 is 20.1 Å². The number of anilines is 3. The third-order valence-electron chi connectivity index (χ3n) is 2.63. The van der Waals surface area contributed by atoms with Gasteiger partial charge in [-0.1, -0.05) is 0 Å². The highest BCUT2D eigenvalue weighted by Crippen LogP contribution is 2.34. The van der Waals surface area contributed by atoms with Crippen molar-refractivity contribution in [1.29, 1.82) is 0 Å². The highest BCUT2D eigenvalue weighted by Gasteiger charge is 2.14. The summed E-state index contributed by atoms with van der Waals surface area (Å²) in [7, 11) is 0. The van der Waals surface area contributed by atoms with E-state index in [1.165, 1.54) is 0 Å². The van der Waals surface area contributed by atoms with E-state index in [-0.39, 0.29) is 30.6 Å². The van der Waals surface area contributed by atoms with E-state index in [0.717, 1.165) is 5.69 Å². The summed E-state index contributed by atoms with van der Waals surface area (Å²) in [4.78, 5) is 12.0. The van der Waals surface area contributed by atoms with Crippen molar-refractivity contribution in [2.75, 3.05) is 30.6 Å². The van der Waals surface area contributed by atoms with Gasteiger partial charge in [0, 0.05) is 18.3 Å². The van der Waals surface area contributed by atoms with Crippen molar-refractivity contribution in [3.8, 4) is 11.5 Å². The number of aliphatic hydroxyl groups is 1. The maximum Gasteiger partial charge on any atom is 0.233 e. The average Bonchev–Trinajstić information content (AvgIpc) is 2.92. The van der Waals surface area contributed by atoms with Crippen LogP contribution in [0.2, 0.25) is 5.28 Å². The van der Waals surface area contributed by atoms with Crippen molar-refractivity contribution < 1.29 is 14.6 Å². The molecule has 3 N–H and O–H groups in total. The van der Waals surface area contributed by atoms with Gasteiger partial charge in [0.05, 0.1) is 6.61 Å². The Labute approximate surface area is 125 Å². The fraction of sp³-hybridized carbons (Fsp3) is 0.250. The van der Waals surface area contributed by atoms with Gasteiger partial charge in [-0.15, -0.1) is 0 Å². The number of fused-ring (bicyclic) bond motifs is 1. The zero-order valence-corrected chi connectivity index (χ0v) is 11.6. The molecule has 21 heavy (non-hydrogen) atoms. The van der Waals surface area contributed by atoms with Gasteiger partial charge in [0.15, 0.2) is 11.5 Å². The molecular formula is C12H12ClN5O3. The first-order valence-electron chi connectivity index (χ1n) is 6.17. The zero-order chi connectivity index (χ0) is 14.7. The smallest absolute Gasteiger partial charge is 0.233 e. The number of rotatable bonds is 5.